The van der Waals surface area contributed by atoms with E-state index in [0.29, 0.717) is 18.0 Å². The predicted octanol–water partition coefficient (Wildman–Crippen LogP) is 1.31. The van der Waals surface area contributed by atoms with E-state index >= 15 is 0 Å². The van der Waals surface area contributed by atoms with Gasteiger partial charge in [0.25, 0.3) is 0 Å². The normalized spacial score (nSPS) is 11.3. The minimum Gasteiger partial charge on any atom is -0.481 e. The zero-order valence-electron chi connectivity index (χ0n) is 12.7. The molecule has 0 aliphatic rings. The Morgan fingerprint density at radius 3 is 2.52 bits per heavy atom. The molecule has 0 fully saturated rings. The lowest BCUT2D eigenvalue weighted by Gasteiger charge is -2.17. The van der Waals surface area contributed by atoms with E-state index in [2.05, 4.69) is 15.6 Å². The summed E-state index contributed by atoms with van der Waals surface area (Å²) in [5, 5.41) is 5.14. The molecule has 0 saturated carbocycles. The number of aromatic nitrogens is 1. The first-order valence-corrected chi connectivity index (χ1v) is 6.99. The average Bonchev–Trinajstić information content (AvgIpc) is 2.55. The number of urea groups is 1. The number of anilines is 1. The highest BCUT2D eigenvalue weighted by molar-refractivity contribution is 5.96. The number of nitrogens with two attached hydrogens (primary N) is 1. The van der Waals surface area contributed by atoms with Crippen molar-refractivity contribution in [3.05, 3.63) is 54.2 Å². The molecule has 1 heterocycles. The number of hydrogen-bond donors (Lipinski definition) is 3. The van der Waals surface area contributed by atoms with Crippen molar-refractivity contribution in [2.45, 2.75) is 12.5 Å². The van der Waals surface area contributed by atoms with Crippen molar-refractivity contribution in [3.8, 4) is 5.88 Å². The van der Waals surface area contributed by atoms with E-state index in [4.69, 9.17) is 10.5 Å². The maximum Gasteiger partial charge on any atom is 0.312 e. The highest BCUT2D eigenvalue weighted by atomic mass is 16.5. The zero-order chi connectivity index (χ0) is 16.7. The molecule has 4 N–H and O–H groups in total. The number of rotatable bonds is 6. The highest BCUT2D eigenvalue weighted by Gasteiger charge is 2.20. The summed E-state index contributed by atoms with van der Waals surface area (Å²) in [5.41, 5.74) is 6.57. The van der Waals surface area contributed by atoms with Gasteiger partial charge >= 0.3 is 6.03 Å². The molecule has 2 rings (SSSR count). The molecule has 2 aromatic rings. The molecule has 23 heavy (non-hydrogen) atoms. The molecule has 7 heteroatoms. The summed E-state index contributed by atoms with van der Waals surface area (Å²) in [6.45, 7) is 0. The molecule has 0 saturated heterocycles. The molecule has 1 unspecified atom stereocenters. The van der Waals surface area contributed by atoms with E-state index < -0.39 is 12.1 Å². The Bertz CT molecular complexity index is 659. The fourth-order valence-corrected chi connectivity index (χ4v) is 2.04. The van der Waals surface area contributed by atoms with Crippen molar-refractivity contribution in [2.24, 2.45) is 5.73 Å². The number of amides is 3. The van der Waals surface area contributed by atoms with Crippen LogP contribution in [0.5, 0.6) is 5.88 Å². The van der Waals surface area contributed by atoms with Crippen molar-refractivity contribution in [1.29, 1.82) is 0 Å². The molecular formula is C16H18N4O3. The second kappa shape index (κ2) is 7.79. The number of pyridine rings is 1. The van der Waals surface area contributed by atoms with Gasteiger partial charge in [-0.15, -0.1) is 0 Å². The van der Waals surface area contributed by atoms with Crippen LogP contribution in [-0.2, 0) is 11.2 Å². The standard InChI is InChI=1S/C16H18N4O3/c1-23-14-8-7-12(10-18-14)19-15(21)13(20-16(17)22)9-11-5-3-2-4-6-11/h2-8,10,13H,9H2,1H3,(H,19,21)(H3,17,20,22). The monoisotopic (exact) mass is 314 g/mol. The molecular weight excluding hydrogens is 296 g/mol. The highest BCUT2D eigenvalue weighted by Crippen LogP contribution is 2.12. The largest absolute Gasteiger partial charge is 0.481 e. The number of hydrogen-bond acceptors (Lipinski definition) is 4. The number of benzene rings is 1. The summed E-state index contributed by atoms with van der Waals surface area (Å²) in [5.74, 6) is 0.0683. The number of nitrogens with one attached hydrogen (secondary N) is 2. The van der Waals surface area contributed by atoms with Crippen LogP contribution >= 0.6 is 0 Å². The molecule has 0 aliphatic carbocycles. The number of carbonyl (C=O) groups excluding carboxylic acids is 2. The molecule has 120 valence electrons. The van der Waals surface area contributed by atoms with Gasteiger partial charge in [-0.3, -0.25) is 4.79 Å². The number of carbonyl (C=O) groups is 2. The first kappa shape index (κ1) is 16.3. The molecule has 0 bridgehead atoms. The Morgan fingerprint density at radius 2 is 1.96 bits per heavy atom. The Labute approximate surface area is 133 Å². The van der Waals surface area contributed by atoms with Crippen molar-refractivity contribution < 1.29 is 14.3 Å². The smallest absolute Gasteiger partial charge is 0.312 e. The first-order valence-electron chi connectivity index (χ1n) is 6.99. The topological polar surface area (TPSA) is 106 Å². The number of methoxy groups -OCH3 is 1. The Hall–Kier alpha value is -3.09. The Kier molecular flexibility index (Phi) is 5.51. The van der Waals surface area contributed by atoms with Crippen LogP contribution in [0.15, 0.2) is 48.7 Å². The van der Waals surface area contributed by atoms with Gasteiger partial charge in [-0.05, 0) is 11.6 Å². The molecule has 0 aliphatic heterocycles. The first-order chi connectivity index (χ1) is 11.1. The van der Waals surface area contributed by atoms with Crippen molar-refractivity contribution in [3.63, 3.8) is 0 Å². The maximum atomic E-state index is 12.4. The van der Waals surface area contributed by atoms with Crippen LogP contribution in [0.3, 0.4) is 0 Å². The molecule has 0 spiro atoms. The van der Waals surface area contributed by atoms with E-state index in [1.807, 2.05) is 30.3 Å². The van der Waals surface area contributed by atoms with Crippen molar-refractivity contribution in [1.82, 2.24) is 10.3 Å². The van der Waals surface area contributed by atoms with Gasteiger partial charge < -0.3 is 21.1 Å². The fourth-order valence-electron chi connectivity index (χ4n) is 2.04. The molecule has 0 radical (unpaired) electrons. The Morgan fingerprint density at radius 1 is 1.22 bits per heavy atom. The second-order valence-corrected chi connectivity index (χ2v) is 4.83. The van der Waals surface area contributed by atoms with Crippen LogP contribution in [0.25, 0.3) is 0 Å². The van der Waals surface area contributed by atoms with Gasteiger partial charge in [0.15, 0.2) is 0 Å². The van der Waals surface area contributed by atoms with Crippen LogP contribution in [0.4, 0.5) is 10.5 Å². The molecule has 7 nitrogen and oxygen atoms in total. The lowest BCUT2D eigenvalue weighted by atomic mass is 10.1. The second-order valence-electron chi connectivity index (χ2n) is 4.83. The van der Waals surface area contributed by atoms with E-state index in [1.165, 1.54) is 13.3 Å². The van der Waals surface area contributed by atoms with E-state index in [-0.39, 0.29) is 5.91 Å². The summed E-state index contributed by atoms with van der Waals surface area (Å²) >= 11 is 0. The SMILES string of the molecule is COc1ccc(NC(=O)C(Cc2ccccc2)NC(N)=O)cn1. The lowest BCUT2D eigenvalue weighted by Crippen LogP contribution is -2.47. The van der Waals surface area contributed by atoms with Gasteiger partial charge in [0.1, 0.15) is 6.04 Å². The molecule has 1 aromatic carbocycles. The number of nitrogens with zero attached hydrogens (tertiary/aromatic N) is 1. The fraction of sp³-hybridized carbons (Fsp3) is 0.188. The van der Waals surface area contributed by atoms with Crippen LogP contribution in [0.1, 0.15) is 5.56 Å². The lowest BCUT2D eigenvalue weighted by molar-refractivity contribution is -0.117. The van der Waals surface area contributed by atoms with E-state index in [0.717, 1.165) is 5.56 Å². The van der Waals surface area contributed by atoms with Gasteiger partial charge in [-0.1, -0.05) is 30.3 Å². The predicted molar refractivity (Wildman–Crippen MR) is 86.1 cm³/mol. The number of primary amides is 1. The van der Waals surface area contributed by atoms with Gasteiger partial charge in [0, 0.05) is 12.5 Å². The van der Waals surface area contributed by atoms with Crippen LogP contribution in [0, 0.1) is 0 Å². The average molecular weight is 314 g/mol. The van der Waals surface area contributed by atoms with Crippen LogP contribution in [0.2, 0.25) is 0 Å². The minimum absolute atomic E-state index is 0.333. The summed E-state index contributed by atoms with van der Waals surface area (Å²) < 4.78 is 4.96. The zero-order valence-corrected chi connectivity index (χ0v) is 12.7. The third-order valence-electron chi connectivity index (χ3n) is 3.13. The summed E-state index contributed by atoms with van der Waals surface area (Å²) in [6, 6.07) is 11.1. The van der Waals surface area contributed by atoms with Crippen molar-refractivity contribution >= 4 is 17.6 Å². The molecule has 3 amide bonds. The number of ether oxygens (including phenoxy) is 1. The van der Waals surface area contributed by atoms with Gasteiger partial charge in [-0.2, -0.15) is 0 Å². The van der Waals surface area contributed by atoms with Crippen molar-refractivity contribution in [2.75, 3.05) is 12.4 Å². The molecule has 1 aromatic heterocycles. The maximum absolute atomic E-state index is 12.4. The van der Waals surface area contributed by atoms with E-state index in [1.54, 1.807) is 12.1 Å². The molecule has 1 atom stereocenters. The van der Waals surface area contributed by atoms with Gasteiger partial charge in [0.2, 0.25) is 11.8 Å². The third-order valence-corrected chi connectivity index (χ3v) is 3.13. The minimum atomic E-state index is -0.781. The summed E-state index contributed by atoms with van der Waals surface area (Å²) in [6.07, 6.45) is 1.81. The Balaban J connectivity index is 2.07. The third kappa shape index (κ3) is 4.99. The van der Waals surface area contributed by atoms with Gasteiger partial charge in [0.05, 0.1) is 19.0 Å². The van der Waals surface area contributed by atoms with Crippen LogP contribution in [-0.4, -0.2) is 30.1 Å². The summed E-state index contributed by atoms with van der Waals surface area (Å²) in [4.78, 5) is 27.5. The summed E-state index contributed by atoms with van der Waals surface area (Å²) in [7, 11) is 1.51. The quantitative estimate of drug-likeness (QED) is 0.747. The van der Waals surface area contributed by atoms with Crippen LogP contribution < -0.4 is 21.1 Å². The van der Waals surface area contributed by atoms with E-state index in [9.17, 15) is 9.59 Å². The van der Waals surface area contributed by atoms with Gasteiger partial charge in [-0.25, -0.2) is 9.78 Å².